The fourth-order valence-electron chi connectivity index (χ4n) is 2.08. The van der Waals surface area contributed by atoms with Crippen LogP contribution >= 0.6 is 0 Å². The van der Waals surface area contributed by atoms with E-state index in [0.29, 0.717) is 6.54 Å². The predicted molar refractivity (Wildman–Crippen MR) is 82.4 cm³/mol. The quantitative estimate of drug-likeness (QED) is 0.895. The van der Waals surface area contributed by atoms with Crippen LogP contribution in [0.5, 0.6) is 0 Å². The number of nitrogens with one attached hydrogen (secondary N) is 1. The molecule has 104 valence electrons. The van der Waals surface area contributed by atoms with Crippen LogP contribution in [0.4, 0.5) is 5.69 Å². The van der Waals surface area contributed by atoms with E-state index in [9.17, 15) is 4.79 Å². The molecule has 1 amide bonds. The number of carbonyl (C=O) groups is 1. The zero-order valence-electron chi connectivity index (χ0n) is 11.9. The van der Waals surface area contributed by atoms with Crippen molar-refractivity contribution in [3.8, 4) is 0 Å². The zero-order chi connectivity index (χ0) is 14.6. The second-order valence-electron chi connectivity index (χ2n) is 5.31. The Morgan fingerprint density at radius 3 is 2.30 bits per heavy atom. The maximum absolute atomic E-state index is 12.6. The van der Waals surface area contributed by atoms with Gasteiger partial charge in [0, 0.05) is 12.2 Å². The number of benzene rings is 2. The summed E-state index contributed by atoms with van der Waals surface area (Å²) in [4.78, 5) is 12.6. The van der Waals surface area contributed by atoms with E-state index in [1.54, 1.807) is 0 Å². The van der Waals surface area contributed by atoms with Crippen LogP contribution in [0.2, 0.25) is 0 Å². The minimum absolute atomic E-state index is 0.0374. The van der Waals surface area contributed by atoms with Gasteiger partial charge in [-0.25, -0.2) is 0 Å². The number of hydrogen-bond acceptors (Lipinski definition) is 2. The van der Waals surface area contributed by atoms with Gasteiger partial charge < -0.3 is 11.1 Å². The number of amides is 1. The van der Waals surface area contributed by atoms with Crippen molar-refractivity contribution in [2.45, 2.75) is 25.8 Å². The molecular formula is C17H20N2O. The van der Waals surface area contributed by atoms with E-state index in [4.69, 9.17) is 5.73 Å². The number of para-hydroxylation sites is 1. The number of nitrogens with two attached hydrogens (primary N) is 1. The monoisotopic (exact) mass is 268 g/mol. The molecule has 0 unspecified atom stereocenters. The van der Waals surface area contributed by atoms with Gasteiger partial charge in [-0.3, -0.25) is 4.79 Å². The molecule has 2 aromatic carbocycles. The Hall–Kier alpha value is -2.13. The maximum atomic E-state index is 12.6. The molecule has 20 heavy (non-hydrogen) atoms. The molecule has 3 nitrogen and oxygen atoms in total. The normalized spacial score (nSPS) is 11.2. The Morgan fingerprint density at radius 2 is 1.65 bits per heavy atom. The van der Waals surface area contributed by atoms with Crippen molar-refractivity contribution in [3.63, 3.8) is 0 Å². The van der Waals surface area contributed by atoms with Crippen LogP contribution < -0.4 is 11.1 Å². The van der Waals surface area contributed by atoms with Crippen LogP contribution in [0.3, 0.4) is 0 Å². The summed E-state index contributed by atoms with van der Waals surface area (Å²) in [5.41, 5.74) is 7.81. The van der Waals surface area contributed by atoms with Gasteiger partial charge >= 0.3 is 0 Å². The van der Waals surface area contributed by atoms with Crippen molar-refractivity contribution in [2.75, 3.05) is 5.32 Å². The molecule has 0 aromatic heterocycles. The van der Waals surface area contributed by atoms with Gasteiger partial charge in [0.2, 0.25) is 5.91 Å². The third-order valence-electron chi connectivity index (χ3n) is 3.55. The highest BCUT2D eigenvalue weighted by Gasteiger charge is 2.29. The first-order valence-electron chi connectivity index (χ1n) is 6.70. The summed E-state index contributed by atoms with van der Waals surface area (Å²) in [7, 11) is 0. The summed E-state index contributed by atoms with van der Waals surface area (Å²) in [6, 6.07) is 17.4. The van der Waals surface area contributed by atoms with Crippen molar-refractivity contribution in [1.82, 2.24) is 0 Å². The molecule has 0 fully saturated rings. The molecule has 0 aliphatic heterocycles. The third kappa shape index (κ3) is 2.89. The van der Waals surface area contributed by atoms with Gasteiger partial charge in [0.1, 0.15) is 0 Å². The van der Waals surface area contributed by atoms with Gasteiger partial charge in [0.25, 0.3) is 0 Å². The van der Waals surface area contributed by atoms with Crippen LogP contribution in [0.15, 0.2) is 54.6 Å². The zero-order valence-corrected chi connectivity index (χ0v) is 11.9. The minimum atomic E-state index is -0.594. The second kappa shape index (κ2) is 5.88. The third-order valence-corrected chi connectivity index (χ3v) is 3.55. The average Bonchev–Trinajstić information content (AvgIpc) is 2.48. The number of hydrogen-bond donors (Lipinski definition) is 2. The van der Waals surface area contributed by atoms with E-state index in [1.165, 1.54) is 0 Å². The first kappa shape index (κ1) is 14.3. The van der Waals surface area contributed by atoms with E-state index in [1.807, 2.05) is 68.4 Å². The van der Waals surface area contributed by atoms with Crippen molar-refractivity contribution in [1.29, 1.82) is 0 Å². The Morgan fingerprint density at radius 1 is 1.05 bits per heavy atom. The first-order valence-corrected chi connectivity index (χ1v) is 6.70. The molecule has 0 atom stereocenters. The lowest BCUT2D eigenvalue weighted by atomic mass is 9.83. The van der Waals surface area contributed by atoms with Gasteiger partial charge in [-0.2, -0.15) is 0 Å². The van der Waals surface area contributed by atoms with E-state index in [0.717, 1.165) is 16.8 Å². The highest BCUT2D eigenvalue weighted by molar-refractivity contribution is 5.99. The highest BCUT2D eigenvalue weighted by atomic mass is 16.2. The van der Waals surface area contributed by atoms with Gasteiger partial charge in [-0.1, -0.05) is 48.5 Å². The van der Waals surface area contributed by atoms with E-state index < -0.39 is 5.41 Å². The SMILES string of the molecule is CC(C)(C(=O)Nc1ccccc1CN)c1ccccc1. The summed E-state index contributed by atoms with van der Waals surface area (Å²) in [6.07, 6.45) is 0. The highest BCUT2D eigenvalue weighted by Crippen LogP contribution is 2.25. The molecule has 0 bridgehead atoms. The molecule has 0 saturated carbocycles. The Labute approximate surface area is 119 Å². The van der Waals surface area contributed by atoms with Crippen molar-refractivity contribution in [2.24, 2.45) is 5.73 Å². The summed E-state index contributed by atoms with van der Waals surface area (Å²) in [6.45, 7) is 4.24. The lowest BCUT2D eigenvalue weighted by Crippen LogP contribution is -2.35. The predicted octanol–water partition coefficient (Wildman–Crippen LogP) is 3.06. The van der Waals surface area contributed by atoms with Crippen LogP contribution in [0, 0.1) is 0 Å². The van der Waals surface area contributed by atoms with E-state index >= 15 is 0 Å². The maximum Gasteiger partial charge on any atom is 0.234 e. The number of rotatable bonds is 4. The van der Waals surface area contributed by atoms with Crippen LogP contribution in [-0.4, -0.2) is 5.91 Å². The molecule has 0 heterocycles. The first-order chi connectivity index (χ1) is 9.55. The summed E-state index contributed by atoms with van der Waals surface area (Å²) in [5.74, 6) is -0.0374. The molecule has 0 spiro atoms. The number of anilines is 1. The lowest BCUT2D eigenvalue weighted by Gasteiger charge is -2.24. The minimum Gasteiger partial charge on any atom is -0.326 e. The van der Waals surface area contributed by atoms with Crippen LogP contribution in [0.25, 0.3) is 0 Å². The fraction of sp³-hybridized carbons (Fsp3) is 0.235. The largest absolute Gasteiger partial charge is 0.326 e. The van der Waals surface area contributed by atoms with Gasteiger partial charge in [0.15, 0.2) is 0 Å². The van der Waals surface area contributed by atoms with Gasteiger partial charge in [-0.15, -0.1) is 0 Å². The molecule has 0 aliphatic carbocycles. The Bertz CT molecular complexity index is 591. The fourth-order valence-corrected chi connectivity index (χ4v) is 2.08. The molecule has 0 aliphatic rings. The Balaban J connectivity index is 2.24. The molecule has 2 aromatic rings. The van der Waals surface area contributed by atoms with Crippen molar-refractivity contribution >= 4 is 11.6 Å². The summed E-state index contributed by atoms with van der Waals surface area (Å²) >= 11 is 0. The Kier molecular flexibility index (Phi) is 4.20. The van der Waals surface area contributed by atoms with E-state index in [-0.39, 0.29) is 5.91 Å². The lowest BCUT2D eigenvalue weighted by molar-refractivity contribution is -0.120. The standard InChI is InChI=1S/C17H20N2O/c1-17(2,14-9-4-3-5-10-14)16(20)19-15-11-7-6-8-13(15)12-18/h3-11H,12,18H2,1-2H3,(H,19,20). The van der Waals surface area contributed by atoms with Gasteiger partial charge in [0.05, 0.1) is 5.41 Å². The van der Waals surface area contributed by atoms with Crippen LogP contribution in [-0.2, 0) is 16.8 Å². The molecule has 0 radical (unpaired) electrons. The molecule has 3 heteroatoms. The number of carbonyl (C=O) groups excluding carboxylic acids is 1. The molecule has 2 rings (SSSR count). The van der Waals surface area contributed by atoms with Crippen molar-refractivity contribution < 1.29 is 4.79 Å². The van der Waals surface area contributed by atoms with Gasteiger partial charge in [-0.05, 0) is 31.0 Å². The summed E-state index contributed by atoms with van der Waals surface area (Å²) in [5, 5.41) is 2.98. The molecule has 3 N–H and O–H groups in total. The average molecular weight is 268 g/mol. The second-order valence-corrected chi connectivity index (χ2v) is 5.31. The molecule has 0 saturated heterocycles. The van der Waals surface area contributed by atoms with Crippen molar-refractivity contribution in [3.05, 3.63) is 65.7 Å². The topological polar surface area (TPSA) is 55.1 Å². The molecular weight excluding hydrogens is 248 g/mol. The van der Waals surface area contributed by atoms with E-state index in [2.05, 4.69) is 5.32 Å². The smallest absolute Gasteiger partial charge is 0.234 e. The van der Waals surface area contributed by atoms with Crippen LogP contribution in [0.1, 0.15) is 25.0 Å². The summed E-state index contributed by atoms with van der Waals surface area (Å²) < 4.78 is 0.